The summed E-state index contributed by atoms with van der Waals surface area (Å²) >= 11 is 4.81. The molecule has 100 valence electrons. The summed E-state index contributed by atoms with van der Waals surface area (Å²) in [5.74, 6) is 0.402. The SMILES string of the molecule is CC(C)Oc1ncnc(Sc2ncccc2Br)c1N. The van der Waals surface area contributed by atoms with Crippen molar-refractivity contribution in [3.8, 4) is 5.88 Å². The van der Waals surface area contributed by atoms with Crippen LogP contribution in [0.25, 0.3) is 0 Å². The van der Waals surface area contributed by atoms with Crippen molar-refractivity contribution in [1.29, 1.82) is 0 Å². The predicted octanol–water partition coefficient (Wildman–Crippen LogP) is 3.15. The van der Waals surface area contributed by atoms with E-state index < -0.39 is 0 Å². The van der Waals surface area contributed by atoms with E-state index in [0.29, 0.717) is 16.6 Å². The van der Waals surface area contributed by atoms with Gasteiger partial charge < -0.3 is 10.5 Å². The highest BCUT2D eigenvalue weighted by atomic mass is 79.9. The Balaban J connectivity index is 2.28. The van der Waals surface area contributed by atoms with E-state index in [4.69, 9.17) is 10.5 Å². The number of hydrogen-bond acceptors (Lipinski definition) is 6. The summed E-state index contributed by atoms with van der Waals surface area (Å²) in [6, 6.07) is 3.77. The molecule has 0 aliphatic heterocycles. The lowest BCUT2D eigenvalue weighted by Crippen LogP contribution is -2.10. The number of nitrogen functional groups attached to an aromatic ring is 1. The highest BCUT2D eigenvalue weighted by Gasteiger charge is 2.13. The van der Waals surface area contributed by atoms with Gasteiger partial charge in [0, 0.05) is 6.20 Å². The van der Waals surface area contributed by atoms with E-state index in [9.17, 15) is 0 Å². The van der Waals surface area contributed by atoms with Crippen LogP contribution < -0.4 is 10.5 Å². The zero-order valence-corrected chi connectivity index (χ0v) is 12.9. The molecule has 2 heterocycles. The molecule has 2 N–H and O–H groups in total. The van der Waals surface area contributed by atoms with Gasteiger partial charge in [0.2, 0.25) is 5.88 Å². The Morgan fingerprint density at radius 1 is 1.26 bits per heavy atom. The molecule has 5 nitrogen and oxygen atoms in total. The second kappa shape index (κ2) is 6.21. The maximum absolute atomic E-state index is 6.02. The third kappa shape index (κ3) is 3.57. The highest BCUT2D eigenvalue weighted by molar-refractivity contribution is 9.10. The molecule has 0 saturated carbocycles. The molecule has 2 aromatic rings. The second-order valence-corrected chi connectivity index (χ2v) is 5.79. The molecule has 0 aliphatic rings. The van der Waals surface area contributed by atoms with Crippen LogP contribution in [0.1, 0.15) is 13.8 Å². The maximum atomic E-state index is 6.02. The van der Waals surface area contributed by atoms with Gasteiger partial charge in [0.05, 0.1) is 10.6 Å². The Labute approximate surface area is 124 Å². The molecule has 7 heteroatoms. The third-order valence-electron chi connectivity index (χ3n) is 2.08. The highest BCUT2D eigenvalue weighted by Crippen LogP contribution is 2.36. The molecule has 0 unspecified atom stereocenters. The van der Waals surface area contributed by atoms with E-state index >= 15 is 0 Å². The topological polar surface area (TPSA) is 73.9 Å². The van der Waals surface area contributed by atoms with Gasteiger partial charge in [-0.05, 0) is 53.7 Å². The molecule has 0 bridgehead atoms. The molecule has 0 atom stereocenters. The van der Waals surface area contributed by atoms with Gasteiger partial charge in [-0.1, -0.05) is 0 Å². The Kier molecular flexibility index (Phi) is 4.60. The Bertz CT molecular complexity index is 579. The lowest BCUT2D eigenvalue weighted by atomic mass is 10.4. The van der Waals surface area contributed by atoms with Crippen molar-refractivity contribution in [3.05, 3.63) is 29.1 Å². The summed E-state index contributed by atoms with van der Waals surface area (Å²) in [4.78, 5) is 12.5. The Morgan fingerprint density at radius 2 is 2.05 bits per heavy atom. The summed E-state index contributed by atoms with van der Waals surface area (Å²) < 4.78 is 6.42. The van der Waals surface area contributed by atoms with E-state index in [1.54, 1.807) is 6.20 Å². The second-order valence-electron chi connectivity index (χ2n) is 3.96. The summed E-state index contributed by atoms with van der Waals surface area (Å²) in [7, 11) is 0. The monoisotopic (exact) mass is 340 g/mol. The first-order chi connectivity index (χ1) is 9.08. The fraction of sp³-hybridized carbons (Fsp3) is 0.250. The van der Waals surface area contributed by atoms with E-state index in [1.807, 2.05) is 26.0 Å². The molecule has 0 spiro atoms. The van der Waals surface area contributed by atoms with Gasteiger partial charge in [-0.2, -0.15) is 4.98 Å². The van der Waals surface area contributed by atoms with E-state index in [0.717, 1.165) is 9.50 Å². The molecule has 19 heavy (non-hydrogen) atoms. The van der Waals surface area contributed by atoms with Crippen molar-refractivity contribution in [1.82, 2.24) is 15.0 Å². The first kappa shape index (κ1) is 14.1. The molecular weight excluding hydrogens is 328 g/mol. The van der Waals surface area contributed by atoms with Crippen LogP contribution in [0.15, 0.2) is 39.2 Å². The summed E-state index contributed by atoms with van der Waals surface area (Å²) in [5, 5.41) is 1.42. The van der Waals surface area contributed by atoms with Gasteiger partial charge in [0.1, 0.15) is 22.1 Å². The lowest BCUT2D eigenvalue weighted by molar-refractivity contribution is 0.233. The van der Waals surface area contributed by atoms with Crippen LogP contribution in [-0.2, 0) is 0 Å². The van der Waals surface area contributed by atoms with Crippen LogP contribution in [0.3, 0.4) is 0 Å². The molecule has 0 fully saturated rings. The van der Waals surface area contributed by atoms with E-state index in [-0.39, 0.29) is 6.10 Å². The van der Waals surface area contributed by atoms with Crippen molar-refractivity contribution in [2.24, 2.45) is 0 Å². The number of nitrogens with zero attached hydrogens (tertiary/aromatic N) is 3. The minimum absolute atomic E-state index is 0.0108. The van der Waals surface area contributed by atoms with E-state index in [2.05, 4.69) is 30.9 Å². The quantitative estimate of drug-likeness (QED) is 0.861. The normalized spacial score (nSPS) is 10.7. The number of ether oxygens (including phenoxy) is 1. The number of nitrogens with two attached hydrogens (primary N) is 1. The van der Waals surface area contributed by atoms with Gasteiger partial charge in [-0.3, -0.25) is 0 Å². The predicted molar refractivity (Wildman–Crippen MR) is 78.3 cm³/mol. The van der Waals surface area contributed by atoms with Crippen molar-refractivity contribution >= 4 is 33.4 Å². The number of aromatic nitrogens is 3. The molecular formula is C12H13BrN4OS. The number of anilines is 1. The van der Waals surface area contributed by atoms with Crippen molar-refractivity contribution < 1.29 is 4.74 Å². The van der Waals surface area contributed by atoms with Crippen LogP contribution in [0.4, 0.5) is 5.69 Å². The fourth-order valence-electron chi connectivity index (χ4n) is 1.30. The van der Waals surface area contributed by atoms with Crippen LogP contribution in [0.5, 0.6) is 5.88 Å². The average molecular weight is 341 g/mol. The fourth-order valence-corrected chi connectivity index (χ4v) is 2.56. The van der Waals surface area contributed by atoms with Gasteiger partial charge >= 0.3 is 0 Å². The van der Waals surface area contributed by atoms with Crippen molar-refractivity contribution in [3.63, 3.8) is 0 Å². The molecule has 0 aromatic carbocycles. The molecule has 0 saturated heterocycles. The minimum Gasteiger partial charge on any atom is -0.473 e. The van der Waals surface area contributed by atoms with Gasteiger partial charge in [-0.15, -0.1) is 0 Å². The molecule has 0 radical (unpaired) electrons. The molecule has 0 aliphatic carbocycles. The Hall–Kier alpha value is -1.34. The first-order valence-electron chi connectivity index (χ1n) is 5.63. The Morgan fingerprint density at radius 3 is 2.74 bits per heavy atom. The van der Waals surface area contributed by atoms with Gasteiger partial charge in [0.25, 0.3) is 0 Å². The zero-order valence-electron chi connectivity index (χ0n) is 10.5. The van der Waals surface area contributed by atoms with Gasteiger partial charge in [-0.25, -0.2) is 9.97 Å². The molecule has 2 rings (SSSR count). The zero-order chi connectivity index (χ0) is 13.8. The standard InChI is InChI=1S/C12H13BrN4OS/c1-7(2)18-10-9(14)12(17-6-16-10)19-11-8(13)4-3-5-15-11/h3-7H,14H2,1-2H3. The van der Waals surface area contributed by atoms with Gasteiger partial charge in [0.15, 0.2) is 0 Å². The van der Waals surface area contributed by atoms with E-state index in [1.165, 1.54) is 18.1 Å². The largest absolute Gasteiger partial charge is 0.473 e. The maximum Gasteiger partial charge on any atom is 0.241 e. The first-order valence-corrected chi connectivity index (χ1v) is 7.24. The third-order valence-corrected chi connectivity index (χ3v) is 4.02. The van der Waals surface area contributed by atoms with Crippen molar-refractivity contribution in [2.75, 3.05) is 5.73 Å². The number of hydrogen-bond donors (Lipinski definition) is 1. The number of halogens is 1. The summed E-state index contributed by atoms with van der Waals surface area (Å²) in [6.45, 7) is 3.84. The van der Waals surface area contributed by atoms with Crippen LogP contribution >= 0.6 is 27.7 Å². The van der Waals surface area contributed by atoms with Crippen molar-refractivity contribution in [2.45, 2.75) is 30.0 Å². The van der Waals surface area contributed by atoms with Crippen LogP contribution in [0.2, 0.25) is 0 Å². The summed E-state index contributed by atoms with van der Waals surface area (Å²) in [6.07, 6.45) is 3.17. The molecule has 2 aromatic heterocycles. The number of rotatable bonds is 4. The van der Waals surface area contributed by atoms with Crippen LogP contribution in [-0.4, -0.2) is 21.1 Å². The molecule has 0 amide bonds. The number of pyridine rings is 1. The summed E-state index contributed by atoms with van der Waals surface area (Å²) in [5.41, 5.74) is 6.45. The van der Waals surface area contributed by atoms with Crippen LogP contribution in [0, 0.1) is 0 Å². The smallest absolute Gasteiger partial charge is 0.241 e. The average Bonchev–Trinajstić information content (AvgIpc) is 2.36. The lowest BCUT2D eigenvalue weighted by Gasteiger charge is -2.12. The minimum atomic E-state index is 0.0108.